The van der Waals surface area contributed by atoms with Crippen LogP contribution in [0.25, 0.3) is 10.2 Å². The number of hydrogen-bond donors (Lipinski definition) is 1. The molecule has 0 aliphatic carbocycles. The highest BCUT2D eigenvalue weighted by atomic mass is 32.1. The second-order valence-electron chi connectivity index (χ2n) is 6.50. The van der Waals surface area contributed by atoms with Crippen molar-refractivity contribution in [1.82, 2.24) is 4.98 Å². The molecule has 0 unspecified atom stereocenters. The number of ketones is 1. The van der Waals surface area contributed by atoms with Crippen molar-refractivity contribution in [3.63, 3.8) is 0 Å². The molecule has 1 aromatic heterocycles. The quantitative estimate of drug-likeness (QED) is 0.665. The average Bonchev–Trinajstić information content (AvgIpc) is 2.97. The molecule has 5 heteroatoms. The molecule has 0 amide bonds. The molecule has 3 aromatic rings. The fourth-order valence-electron chi connectivity index (χ4n) is 2.62. The number of carbonyl (C=O) groups excluding carboxylic acids is 1. The molecule has 1 heterocycles. The lowest BCUT2D eigenvalue weighted by Gasteiger charge is -2.05. The lowest BCUT2D eigenvalue weighted by Crippen LogP contribution is -2.06. The Morgan fingerprint density at radius 1 is 1.16 bits per heavy atom. The summed E-state index contributed by atoms with van der Waals surface area (Å²) in [6, 6.07) is 13.2. The Labute approximate surface area is 151 Å². The van der Waals surface area contributed by atoms with Gasteiger partial charge in [0.1, 0.15) is 11.5 Å². The highest BCUT2D eigenvalue weighted by molar-refractivity contribution is 7.20. The molecule has 25 heavy (non-hydrogen) atoms. The summed E-state index contributed by atoms with van der Waals surface area (Å²) in [5.74, 6) is 1.34. The molecule has 0 atom stereocenters. The number of fused-ring (bicyclic) bond motifs is 1. The Morgan fingerprint density at radius 2 is 1.88 bits per heavy atom. The fourth-order valence-corrected chi connectivity index (χ4v) is 3.52. The van der Waals surface area contributed by atoms with Crippen molar-refractivity contribution >= 4 is 27.3 Å². The molecule has 0 aliphatic rings. The van der Waals surface area contributed by atoms with Crippen LogP contribution < -0.4 is 4.74 Å². The molecule has 4 nitrogen and oxygen atoms in total. The van der Waals surface area contributed by atoms with Gasteiger partial charge in [-0.25, -0.2) is 4.98 Å². The van der Waals surface area contributed by atoms with Gasteiger partial charge in [-0.2, -0.15) is 0 Å². The molecular weight excluding hydrogens is 334 g/mol. The van der Waals surface area contributed by atoms with Gasteiger partial charge in [0.2, 0.25) is 0 Å². The zero-order chi connectivity index (χ0) is 17.8. The van der Waals surface area contributed by atoms with Crippen molar-refractivity contribution in [3.8, 4) is 10.9 Å². The van der Waals surface area contributed by atoms with Gasteiger partial charge in [-0.1, -0.05) is 43.4 Å². The second-order valence-corrected chi connectivity index (χ2v) is 7.49. The van der Waals surface area contributed by atoms with E-state index in [1.54, 1.807) is 0 Å². The third kappa shape index (κ3) is 4.65. The number of aliphatic hydroxyl groups excluding tert-OH is 1. The third-order valence-corrected chi connectivity index (χ3v) is 4.68. The molecule has 0 spiro atoms. The number of aliphatic hydroxyl groups is 1. The molecule has 0 saturated carbocycles. The Kier molecular flexibility index (Phi) is 5.46. The number of Topliss-reactive ketones (excluding diaryl/α,β-unsaturated/α-hetero) is 1. The van der Waals surface area contributed by atoms with E-state index in [4.69, 9.17) is 4.74 Å². The van der Waals surface area contributed by atoms with E-state index in [2.05, 4.69) is 18.8 Å². The number of ether oxygens (including phenoxy) is 1. The van der Waals surface area contributed by atoms with Crippen LogP contribution in [0.2, 0.25) is 0 Å². The van der Waals surface area contributed by atoms with Crippen LogP contribution in [0.4, 0.5) is 0 Å². The summed E-state index contributed by atoms with van der Waals surface area (Å²) in [5.41, 5.74) is 2.71. The van der Waals surface area contributed by atoms with Crippen LogP contribution in [0.1, 0.15) is 31.4 Å². The van der Waals surface area contributed by atoms with Gasteiger partial charge in [0.25, 0.3) is 5.19 Å². The van der Waals surface area contributed by atoms with Gasteiger partial charge in [0.15, 0.2) is 0 Å². The van der Waals surface area contributed by atoms with Gasteiger partial charge in [-0.3, -0.25) is 4.79 Å². The first-order chi connectivity index (χ1) is 12.0. The van der Waals surface area contributed by atoms with Gasteiger partial charge >= 0.3 is 0 Å². The minimum Gasteiger partial charge on any atom is -0.431 e. The Balaban J connectivity index is 1.68. The summed E-state index contributed by atoms with van der Waals surface area (Å²) >= 11 is 1.44. The van der Waals surface area contributed by atoms with Crippen LogP contribution >= 0.6 is 11.3 Å². The third-order valence-electron chi connectivity index (χ3n) is 3.78. The average molecular weight is 355 g/mol. The number of aromatic nitrogens is 1. The van der Waals surface area contributed by atoms with E-state index in [1.807, 2.05) is 42.5 Å². The minimum absolute atomic E-state index is 0.0149. The molecule has 1 N–H and O–H groups in total. The van der Waals surface area contributed by atoms with Crippen LogP contribution in [0.15, 0.2) is 42.5 Å². The summed E-state index contributed by atoms with van der Waals surface area (Å²) in [4.78, 5) is 16.3. The standard InChI is InChI=1S/C20H21NO3S/c1-13(2)9-16(23)10-14-3-6-17(7-4-14)24-20-21-18-8-5-15(12-22)11-19(18)25-20/h3-8,11,13,22H,9-10,12H2,1-2H3. The summed E-state index contributed by atoms with van der Waals surface area (Å²) in [5, 5.41) is 9.77. The first-order valence-corrected chi connectivity index (χ1v) is 9.14. The summed E-state index contributed by atoms with van der Waals surface area (Å²) < 4.78 is 6.81. The summed E-state index contributed by atoms with van der Waals surface area (Å²) in [7, 11) is 0. The van der Waals surface area contributed by atoms with E-state index < -0.39 is 0 Å². The Morgan fingerprint density at radius 3 is 2.56 bits per heavy atom. The van der Waals surface area contributed by atoms with E-state index in [-0.39, 0.29) is 12.4 Å². The van der Waals surface area contributed by atoms with E-state index in [1.165, 1.54) is 11.3 Å². The largest absolute Gasteiger partial charge is 0.431 e. The number of nitrogens with zero attached hydrogens (tertiary/aromatic N) is 1. The van der Waals surface area contributed by atoms with Crippen LogP contribution in [0.3, 0.4) is 0 Å². The van der Waals surface area contributed by atoms with E-state index in [9.17, 15) is 9.90 Å². The highest BCUT2D eigenvalue weighted by Gasteiger charge is 2.09. The Bertz CT molecular complexity index is 868. The van der Waals surface area contributed by atoms with E-state index in [0.717, 1.165) is 21.3 Å². The van der Waals surface area contributed by atoms with Gasteiger partial charge in [-0.15, -0.1) is 0 Å². The maximum atomic E-state index is 11.9. The second kappa shape index (κ2) is 7.76. The Hall–Kier alpha value is -2.24. The molecule has 130 valence electrons. The number of benzene rings is 2. The van der Waals surface area contributed by atoms with Crippen LogP contribution in [-0.2, 0) is 17.8 Å². The van der Waals surface area contributed by atoms with Crippen LogP contribution in [0, 0.1) is 5.92 Å². The van der Waals surface area contributed by atoms with E-state index in [0.29, 0.717) is 29.7 Å². The molecular formula is C20H21NO3S. The first kappa shape index (κ1) is 17.6. The van der Waals surface area contributed by atoms with Crippen molar-refractivity contribution in [2.24, 2.45) is 5.92 Å². The SMILES string of the molecule is CC(C)CC(=O)Cc1ccc(Oc2nc3ccc(CO)cc3s2)cc1. The van der Waals surface area contributed by atoms with Gasteiger partial charge in [0.05, 0.1) is 16.8 Å². The van der Waals surface area contributed by atoms with Gasteiger partial charge < -0.3 is 9.84 Å². The molecule has 3 rings (SSSR count). The molecule has 2 aromatic carbocycles. The minimum atomic E-state index is 0.0149. The summed E-state index contributed by atoms with van der Waals surface area (Å²) in [6.07, 6.45) is 1.07. The molecule has 0 aliphatic heterocycles. The van der Waals surface area contributed by atoms with E-state index >= 15 is 0 Å². The zero-order valence-corrected chi connectivity index (χ0v) is 15.2. The zero-order valence-electron chi connectivity index (χ0n) is 14.4. The number of carbonyl (C=O) groups is 1. The van der Waals surface area contributed by atoms with Crippen molar-refractivity contribution in [1.29, 1.82) is 0 Å². The molecule has 0 radical (unpaired) electrons. The summed E-state index contributed by atoms with van der Waals surface area (Å²) in [6.45, 7) is 4.12. The molecule has 0 saturated heterocycles. The fraction of sp³-hybridized carbons (Fsp3) is 0.300. The topological polar surface area (TPSA) is 59.4 Å². The number of rotatable bonds is 7. The molecule has 0 fully saturated rings. The lowest BCUT2D eigenvalue weighted by molar-refractivity contribution is -0.119. The number of thiazole rings is 1. The molecule has 0 bridgehead atoms. The van der Waals surface area contributed by atoms with Gasteiger partial charge in [-0.05, 0) is 41.3 Å². The van der Waals surface area contributed by atoms with Crippen molar-refractivity contribution in [2.45, 2.75) is 33.3 Å². The lowest BCUT2D eigenvalue weighted by atomic mass is 10.0. The predicted molar refractivity (Wildman–Crippen MR) is 100 cm³/mol. The van der Waals surface area contributed by atoms with Crippen molar-refractivity contribution in [2.75, 3.05) is 0 Å². The predicted octanol–water partition coefficient (Wildman–Crippen LogP) is 4.74. The highest BCUT2D eigenvalue weighted by Crippen LogP contribution is 2.32. The monoisotopic (exact) mass is 355 g/mol. The van der Waals surface area contributed by atoms with Crippen molar-refractivity contribution in [3.05, 3.63) is 53.6 Å². The van der Waals surface area contributed by atoms with Gasteiger partial charge in [0, 0.05) is 12.8 Å². The maximum absolute atomic E-state index is 11.9. The maximum Gasteiger partial charge on any atom is 0.279 e. The van der Waals surface area contributed by atoms with Crippen LogP contribution in [-0.4, -0.2) is 15.9 Å². The normalized spacial score (nSPS) is 11.2. The first-order valence-electron chi connectivity index (χ1n) is 8.32. The smallest absolute Gasteiger partial charge is 0.279 e. The van der Waals surface area contributed by atoms with Crippen LogP contribution in [0.5, 0.6) is 10.9 Å². The van der Waals surface area contributed by atoms with Crippen molar-refractivity contribution < 1.29 is 14.6 Å². The number of hydrogen-bond acceptors (Lipinski definition) is 5.